The minimum atomic E-state index is -2.05. The molecule has 5 heteroatoms. The Balaban J connectivity index is 0.000000184. The van der Waals surface area contributed by atoms with E-state index in [1.807, 2.05) is 36.4 Å². The molecule has 0 unspecified atom stereocenters. The third kappa shape index (κ3) is 7.08. The molecule has 0 aliphatic heterocycles. The van der Waals surface area contributed by atoms with Gasteiger partial charge in [-0.3, -0.25) is 0 Å². The Labute approximate surface area is 268 Å². The number of hydrogen-bond donors (Lipinski definition) is 0. The van der Waals surface area contributed by atoms with Crippen LogP contribution < -0.4 is 31.8 Å². The maximum absolute atomic E-state index is 7.23. The normalized spacial score (nSPS) is 11.0. The smallest absolute Gasteiger partial charge is 0.0620 e. The summed E-state index contributed by atoms with van der Waals surface area (Å²) in [5.41, 5.74) is 0. The molecule has 0 aliphatic rings. The SMILES string of the molecule is Cl[P+](c1ccccc1)(c1ccccc1)c1ccccc1.Cl[P+](c1ccccc1)(c1ccccc1)c1ccccc1.[Pd]. The topological polar surface area (TPSA) is 0 Å². The van der Waals surface area contributed by atoms with Crippen molar-refractivity contribution < 1.29 is 20.4 Å². The van der Waals surface area contributed by atoms with Crippen LogP contribution in [0.4, 0.5) is 0 Å². The molecule has 41 heavy (non-hydrogen) atoms. The molecule has 0 saturated heterocycles. The van der Waals surface area contributed by atoms with Gasteiger partial charge in [0, 0.05) is 20.4 Å². The van der Waals surface area contributed by atoms with Crippen LogP contribution in [-0.2, 0) is 20.4 Å². The zero-order valence-electron chi connectivity index (χ0n) is 22.3. The first kappa shape index (κ1) is 31.4. The minimum Gasteiger partial charge on any atom is -0.0620 e. The molecule has 0 amide bonds. The molecular weight excluding hydrogens is 672 g/mol. The molecule has 0 aliphatic carbocycles. The first-order valence-corrected chi connectivity index (χ1v) is 18.5. The average molecular weight is 702 g/mol. The van der Waals surface area contributed by atoms with E-state index in [9.17, 15) is 0 Å². The molecule has 206 valence electrons. The first-order chi connectivity index (χ1) is 19.6. The molecule has 0 heterocycles. The molecule has 0 nitrogen and oxygen atoms in total. The predicted molar refractivity (Wildman–Crippen MR) is 182 cm³/mol. The molecule has 6 rings (SSSR count). The number of benzene rings is 6. The van der Waals surface area contributed by atoms with Crippen LogP contribution in [0.1, 0.15) is 0 Å². The van der Waals surface area contributed by atoms with E-state index in [1.165, 1.54) is 31.8 Å². The van der Waals surface area contributed by atoms with Crippen LogP contribution in [0, 0.1) is 0 Å². The van der Waals surface area contributed by atoms with E-state index < -0.39 is 13.2 Å². The van der Waals surface area contributed by atoms with Crippen molar-refractivity contribution in [2.45, 2.75) is 0 Å². The van der Waals surface area contributed by atoms with Crippen molar-refractivity contribution in [2.75, 3.05) is 0 Å². The van der Waals surface area contributed by atoms with Gasteiger partial charge in [-0.1, -0.05) is 109 Å². The monoisotopic (exact) mass is 700 g/mol. The van der Waals surface area contributed by atoms with Crippen molar-refractivity contribution in [1.82, 2.24) is 0 Å². The fraction of sp³-hybridized carbons (Fsp3) is 0. The second-order valence-electron chi connectivity index (χ2n) is 9.19. The summed E-state index contributed by atoms with van der Waals surface area (Å²) in [6, 6.07) is 62.3. The molecule has 6 aromatic carbocycles. The molecule has 0 fully saturated rings. The fourth-order valence-corrected chi connectivity index (χ4v) is 12.0. The summed E-state index contributed by atoms with van der Waals surface area (Å²) in [4.78, 5) is 0. The van der Waals surface area contributed by atoms with Gasteiger partial charge in [0.15, 0.2) is 0 Å². The molecule has 0 spiro atoms. The van der Waals surface area contributed by atoms with E-state index in [-0.39, 0.29) is 20.4 Å². The van der Waals surface area contributed by atoms with Gasteiger partial charge in [-0.2, -0.15) is 0 Å². The van der Waals surface area contributed by atoms with Crippen molar-refractivity contribution in [3.63, 3.8) is 0 Å². The van der Waals surface area contributed by atoms with Gasteiger partial charge < -0.3 is 0 Å². The van der Waals surface area contributed by atoms with E-state index in [2.05, 4.69) is 146 Å². The van der Waals surface area contributed by atoms with Crippen molar-refractivity contribution in [2.24, 2.45) is 0 Å². The van der Waals surface area contributed by atoms with Gasteiger partial charge in [-0.25, -0.2) is 0 Å². The summed E-state index contributed by atoms with van der Waals surface area (Å²) in [5.74, 6) is 0. The van der Waals surface area contributed by atoms with Crippen LogP contribution in [0.5, 0.6) is 0 Å². The van der Waals surface area contributed by atoms with Crippen LogP contribution in [0.15, 0.2) is 182 Å². The van der Waals surface area contributed by atoms with Crippen molar-refractivity contribution in [3.8, 4) is 0 Å². The van der Waals surface area contributed by atoms with Gasteiger partial charge in [0.25, 0.3) is 0 Å². The molecule has 0 saturated carbocycles. The Bertz CT molecular complexity index is 1270. The van der Waals surface area contributed by atoms with Crippen LogP contribution >= 0.6 is 35.7 Å². The second kappa shape index (κ2) is 15.1. The summed E-state index contributed by atoms with van der Waals surface area (Å²) in [6.07, 6.45) is 0. The van der Waals surface area contributed by atoms with Gasteiger partial charge >= 0.3 is 0 Å². The third-order valence-corrected chi connectivity index (χ3v) is 16.2. The first-order valence-electron chi connectivity index (χ1n) is 13.1. The molecule has 6 aromatic rings. The Morgan fingerprint density at radius 3 is 0.488 bits per heavy atom. The zero-order chi connectivity index (χ0) is 27.7. The Morgan fingerprint density at radius 1 is 0.244 bits per heavy atom. The molecule has 0 atom stereocenters. The van der Waals surface area contributed by atoms with Crippen LogP contribution in [-0.4, -0.2) is 0 Å². The second-order valence-corrected chi connectivity index (χ2v) is 17.7. The van der Waals surface area contributed by atoms with E-state index in [4.69, 9.17) is 22.5 Å². The standard InChI is InChI=1S/2C18H15ClP.Pd/c2*19-20(16-10-4-1-5-11-16,17-12-6-2-7-13-17)18-14-8-3-9-15-18;/h2*1-15H;/q2*+1;. The predicted octanol–water partition coefficient (Wildman–Crippen LogP) is 8.27. The third-order valence-electron chi connectivity index (χ3n) is 6.67. The zero-order valence-corrected chi connectivity index (χ0v) is 27.1. The van der Waals surface area contributed by atoms with Gasteiger partial charge in [-0.15, -0.1) is 0 Å². The summed E-state index contributed by atoms with van der Waals surface area (Å²) >= 11 is 14.5. The summed E-state index contributed by atoms with van der Waals surface area (Å²) < 4.78 is 0. The molecule has 0 bridgehead atoms. The molecule has 0 radical (unpaired) electrons. The van der Waals surface area contributed by atoms with Crippen LogP contribution in [0.3, 0.4) is 0 Å². The summed E-state index contributed by atoms with van der Waals surface area (Å²) in [7, 11) is 0. The summed E-state index contributed by atoms with van der Waals surface area (Å²) in [6.45, 7) is -4.11. The van der Waals surface area contributed by atoms with E-state index in [0.717, 1.165) is 0 Å². The quantitative estimate of drug-likeness (QED) is 0.121. The molecule has 0 N–H and O–H groups in total. The number of hydrogen-bond acceptors (Lipinski definition) is 0. The van der Waals surface area contributed by atoms with Gasteiger partial charge in [0.2, 0.25) is 13.2 Å². The molecule has 0 aromatic heterocycles. The molecular formula is C36H30Cl2P2Pd+2. The number of halogens is 2. The maximum Gasteiger partial charge on any atom is 0.210 e. The van der Waals surface area contributed by atoms with Crippen molar-refractivity contribution in [1.29, 1.82) is 0 Å². The van der Waals surface area contributed by atoms with Crippen LogP contribution in [0.25, 0.3) is 0 Å². The maximum atomic E-state index is 7.23. The van der Waals surface area contributed by atoms with Crippen LogP contribution in [0.2, 0.25) is 0 Å². The minimum absolute atomic E-state index is 0. The van der Waals surface area contributed by atoms with E-state index >= 15 is 0 Å². The largest absolute Gasteiger partial charge is 0.210 e. The van der Waals surface area contributed by atoms with E-state index in [1.54, 1.807) is 0 Å². The van der Waals surface area contributed by atoms with Gasteiger partial charge in [0.1, 0.15) is 54.3 Å². The fourth-order valence-electron chi connectivity index (χ4n) is 4.69. The Hall–Kier alpha value is -2.58. The van der Waals surface area contributed by atoms with Crippen molar-refractivity contribution >= 4 is 67.5 Å². The van der Waals surface area contributed by atoms with E-state index in [0.29, 0.717) is 0 Å². The number of rotatable bonds is 6. The van der Waals surface area contributed by atoms with Crippen molar-refractivity contribution in [3.05, 3.63) is 182 Å². The van der Waals surface area contributed by atoms with Gasteiger partial charge in [-0.05, 0) is 72.8 Å². The van der Waals surface area contributed by atoms with Gasteiger partial charge in [0.05, 0.1) is 0 Å². The summed E-state index contributed by atoms with van der Waals surface area (Å²) in [5, 5.41) is 7.16. The Kier molecular flexibility index (Phi) is 11.5. The average Bonchev–Trinajstić information content (AvgIpc) is 3.07. The Morgan fingerprint density at radius 2 is 0.366 bits per heavy atom.